The van der Waals surface area contributed by atoms with Crippen molar-refractivity contribution in [2.75, 3.05) is 0 Å². The number of carbonyl (C=O) groups excluding carboxylic acids is 2. The summed E-state index contributed by atoms with van der Waals surface area (Å²) in [4.78, 5) is 37.9. The average Bonchev–Trinajstić information content (AvgIpc) is 3.37. The van der Waals surface area contributed by atoms with Crippen LogP contribution in [0.1, 0.15) is 34.1 Å². The number of Topliss-reactive ketones (excluding diaryl/α,β-unsaturated/α-hetero) is 1. The van der Waals surface area contributed by atoms with Gasteiger partial charge in [-0.15, -0.1) is 0 Å². The number of aliphatic hydroxyl groups is 1. The highest BCUT2D eigenvalue weighted by molar-refractivity contribution is 6.46. The van der Waals surface area contributed by atoms with Gasteiger partial charge in [0.1, 0.15) is 11.5 Å². The third-order valence-electron chi connectivity index (χ3n) is 5.51. The minimum Gasteiger partial charge on any atom is -0.507 e. The molecular formula is C24H20N2O6. The molecule has 2 heterocycles. The number of non-ortho nitro benzene ring substituents is 1. The molecule has 1 aromatic heterocycles. The summed E-state index contributed by atoms with van der Waals surface area (Å²) in [5.41, 5.74) is 2.36. The Hall–Kier alpha value is -4.20. The number of carbonyl (C=O) groups is 2. The van der Waals surface area contributed by atoms with Crippen LogP contribution in [0.2, 0.25) is 0 Å². The van der Waals surface area contributed by atoms with Gasteiger partial charge in [0, 0.05) is 17.7 Å². The Morgan fingerprint density at radius 3 is 2.47 bits per heavy atom. The van der Waals surface area contributed by atoms with E-state index in [0.717, 1.165) is 11.1 Å². The molecule has 4 rings (SSSR count). The topological polar surface area (TPSA) is 114 Å². The van der Waals surface area contributed by atoms with Crippen molar-refractivity contribution in [2.24, 2.45) is 0 Å². The first kappa shape index (κ1) is 21.0. The highest BCUT2D eigenvalue weighted by Gasteiger charge is 2.46. The SMILES string of the molecule is Cc1ccc(C)c(C(O)=C2C(=O)C(=O)N(Cc3ccco3)C2c2ccc([N+](=O)[O-])cc2)c1. The summed E-state index contributed by atoms with van der Waals surface area (Å²) in [7, 11) is 0. The van der Waals surface area contributed by atoms with Gasteiger partial charge >= 0.3 is 0 Å². The number of hydrogen-bond donors (Lipinski definition) is 1. The van der Waals surface area contributed by atoms with E-state index in [2.05, 4.69) is 0 Å². The summed E-state index contributed by atoms with van der Waals surface area (Å²) in [5.74, 6) is -1.42. The van der Waals surface area contributed by atoms with E-state index < -0.39 is 22.7 Å². The van der Waals surface area contributed by atoms with Crippen molar-refractivity contribution in [2.45, 2.75) is 26.4 Å². The second-order valence-corrected chi connectivity index (χ2v) is 7.67. The zero-order chi connectivity index (χ0) is 23.0. The Morgan fingerprint density at radius 2 is 1.84 bits per heavy atom. The van der Waals surface area contributed by atoms with E-state index in [1.54, 1.807) is 25.1 Å². The van der Waals surface area contributed by atoms with Crippen molar-refractivity contribution in [1.82, 2.24) is 4.90 Å². The highest BCUT2D eigenvalue weighted by Crippen LogP contribution is 2.41. The molecule has 1 unspecified atom stereocenters. The lowest BCUT2D eigenvalue weighted by Gasteiger charge is -2.24. The molecule has 162 valence electrons. The maximum Gasteiger partial charge on any atom is 0.296 e. The molecule has 2 aromatic carbocycles. The standard InChI is InChI=1S/C24H20N2O6/c1-14-5-6-15(2)19(12-14)22(27)20-21(16-7-9-17(10-8-16)26(30)31)25(24(29)23(20)28)13-18-4-3-11-32-18/h3-12,21,27H,13H2,1-2H3. The van der Waals surface area contributed by atoms with Crippen LogP contribution in [0.5, 0.6) is 0 Å². The molecule has 1 N–H and O–H groups in total. The molecule has 0 aliphatic carbocycles. The third-order valence-corrected chi connectivity index (χ3v) is 5.51. The van der Waals surface area contributed by atoms with E-state index in [-0.39, 0.29) is 23.6 Å². The lowest BCUT2D eigenvalue weighted by Crippen LogP contribution is -2.29. The Kier molecular flexibility index (Phi) is 5.36. The van der Waals surface area contributed by atoms with Crippen LogP contribution in [-0.2, 0) is 16.1 Å². The fourth-order valence-electron chi connectivity index (χ4n) is 3.87. The molecule has 0 radical (unpaired) electrons. The number of furan rings is 1. The van der Waals surface area contributed by atoms with Gasteiger partial charge in [-0.25, -0.2) is 0 Å². The molecule has 1 saturated heterocycles. The third kappa shape index (κ3) is 3.66. The number of rotatable bonds is 5. The normalized spacial score (nSPS) is 17.7. The summed E-state index contributed by atoms with van der Waals surface area (Å²) in [6.07, 6.45) is 1.46. The number of nitro benzene ring substituents is 1. The summed E-state index contributed by atoms with van der Waals surface area (Å²) in [6, 6.07) is 13.5. The van der Waals surface area contributed by atoms with E-state index in [9.17, 15) is 24.8 Å². The molecular weight excluding hydrogens is 412 g/mol. The highest BCUT2D eigenvalue weighted by atomic mass is 16.6. The van der Waals surface area contributed by atoms with Gasteiger partial charge in [-0.05, 0) is 55.3 Å². The van der Waals surface area contributed by atoms with Gasteiger partial charge in [-0.2, -0.15) is 0 Å². The number of aryl methyl sites for hydroxylation is 2. The monoisotopic (exact) mass is 432 g/mol. The molecule has 0 bridgehead atoms. The second-order valence-electron chi connectivity index (χ2n) is 7.67. The fraction of sp³-hybridized carbons (Fsp3) is 0.167. The maximum absolute atomic E-state index is 13.1. The van der Waals surface area contributed by atoms with E-state index in [1.165, 1.54) is 35.4 Å². The molecule has 8 heteroatoms. The van der Waals surface area contributed by atoms with Crippen molar-refractivity contribution in [3.05, 3.63) is 105 Å². The van der Waals surface area contributed by atoms with Crippen molar-refractivity contribution in [3.63, 3.8) is 0 Å². The minimum absolute atomic E-state index is 0.00278. The van der Waals surface area contributed by atoms with Gasteiger partial charge in [0.15, 0.2) is 0 Å². The molecule has 1 amide bonds. The lowest BCUT2D eigenvalue weighted by molar-refractivity contribution is -0.384. The molecule has 8 nitrogen and oxygen atoms in total. The lowest BCUT2D eigenvalue weighted by atomic mass is 9.93. The summed E-state index contributed by atoms with van der Waals surface area (Å²) in [6.45, 7) is 3.66. The van der Waals surface area contributed by atoms with Crippen molar-refractivity contribution >= 4 is 23.1 Å². The van der Waals surface area contributed by atoms with Gasteiger partial charge in [0.05, 0.1) is 29.3 Å². The first-order valence-electron chi connectivity index (χ1n) is 9.90. The smallest absolute Gasteiger partial charge is 0.296 e. The number of likely N-dealkylation sites (tertiary alicyclic amines) is 1. The van der Waals surface area contributed by atoms with Crippen molar-refractivity contribution < 1.29 is 24.0 Å². The van der Waals surface area contributed by atoms with E-state index in [0.29, 0.717) is 16.9 Å². The van der Waals surface area contributed by atoms with E-state index >= 15 is 0 Å². The van der Waals surface area contributed by atoms with Crippen LogP contribution in [0.3, 0.4) is 0 Å². The van der Waals surface area contributed by atoms with Gasteiger partial charge < -0.3 is 14.4 Å². The summed E-state index contributed by atoms with van der Waals surface area (Å²) in [5, 5.41) is 22.2. The number of amides is 1. The molecule has 0 spiro atoms. The van der Waals surface area contributed by atoms with E-state index in [4.69, 9.17) is 4.42 Å². The van der Waals surface area contributed by atoms with Crippen molar-refractivity contribution in [3.8, 4) is 0 Å². The Labute approximate surface area is 183 Å². The number of hydrogen-bond acceptors (Lipinski definition) is 6. The number of benzene rings is 2. The summed E-state index contributed by atoms with van der Waals surface area (Å²) < 4.78 is 5.36. The Morgan fingerprint density at radius 1 is 1.12 bits per heavy atom. The second kappa shape index (κ2) is 8.14. The van der Waals surface area contributed by atoms with Gasteiger partial charge in [-0.3, -0.25) is 19.7 Å². The molecule has 1 atom stereocenters. The van der Waals surface area contributed by atoms with Crippen LogP contribution in [0.15, 0.2) is 70.9 Å². The van der Waals surface area contributed by atoms with Crippen LogP contribution in [0.25, 0.3) is 5.76 Å². The van der Waals surface area contributed by atoms with Gasteiger partial charge in [0.25, 0.3) is 17.4 Å². The number of nitro groups is 1. The first-order valence-corrected chi connectivity index (χ1v) is 9.90. The number of nitrogens with zero attached hydrogens (tertiary/aromatic N) is 2. The predicted octanol–water partition coefficient (Wildman–Crippen LogP) is 4.43. The molecule has 1 aliphatic heterocycles. The fourth-order valence-corrected chi connectivity index (χ4v) is 3.87. The molecule has 1 fully saturated rings. The Balaban J connectivity index is 1.89. The predicted molar refractivity (Wildman–Crippen MR) is 116 cm³/mol. The largest absolute Gasteiger partial charge is 0.507 e. The van der Waals surface area contributed by atoms with Gasteiger partial charge in [-0.1, -0.05) is 17.7 Å². The molecule has 32 heavy (non-hydrogen) atoms. The summed E-state index contributed by atoms with van der Waals surface area (Å²) >= 11 is 0. The zero-order valence-corrected chi connectivity index (χ0v) is 17.4. The Bertz CT molecular complexity index is 1240. The number of ketones is 1. The first-order chi connectivity index (χ1) is 15.3. The van der Waals surface area contributed by atoms with Crippen molar-refractivity contribution in [1.29, 1.82) is 0 Å². The quantitative estimate of drug-likeness (QED) is 0.210. The minimum atomic E-state index is -0.930. The van der Waals surface area contributed by atoms with Crippen LogP contribution >= 0.6 is 0 Å². The molecule has 0 saturated carbocycles. The van der Waals surface area contributed by atoms with Gasteiger partial charge in [0.2, 0.25) is 0 Å². The van der Waals surface area contributed by atoms with Crippen LogP contribution in [-0.4, -0.2) is 26.6 Å². The zero-order valence-electron chi connectivity index (χ0n) is 17.4. The number of aliphatic hydroxyl groups excluding tert-OH is 1. The average molecular weight is 432 g/mol. The van der Waals surface area contributed by atoms with Crippen LogP contribution in [0.4, 0.5) is 5.69 Å². The van der Waals surface area contributed by atoms with Crippen LogP contribution in [0, 0.1) is 24.0 Å². The molecule has 3 aromatic rings. The maximum atomic E-state index is 13.1. The molecule has 1 aliphatic rings. The van der Waals surface area contributed by atoms with Crippen LogP contribution < -0.4 is 0 Å². The van der Waals surface area contributed by atoms with E-state index in [1.807, 2.05) is 19.1 Å².